The molecule has 1 aliphatic rings. The van der Waals surface area contributed by atoms with E-state index < -0.39 is 0 Å². The molecule has 1 atom stereocenters. The van der Waals surface area contributed by atoms with Crippen molar-refractivity contribution in [2.75, 3.05) is 26.2 Å². The summed E-state index contributed by atoms with van der Waals surface area (Å²) >= 11 is 4.98. The second-order valence-electron chi connectivity index (χ2n) is 4.25. The molecular formula is C11H21N3OS. The minimum Gasteiger partial charge on any atom is -0.392 e. The zero-order valence-corrected chi connectivity index (χ0v) is 10.9. The van der Waals surface area contributed by atoms with Crippen molar-refractivity contribution in [3.05, 3.63) is 0 Å². The van der Waals surface area contributed by atoms with Gasteiger partial charge in [-0.2, -0.15) is 0 Å². The summed E-state index contributed by atoms with van der Waals surface area (Å²) in [5, 5.41) is 0. The predicted molar refractivity (Wildman–Crippen MR) is 69.3 cm³/mol. The van der Waals surface area contributed by atoms with E-state index in [4.69, 9.17) is 18.0 Å². The third-order valence-corrected chi connectivity index (χ3v) is 3.43. The molecule has 4 nitrogen and oxygen atoms in total. The van der Waals surface area contributed by atoms with Gasteiger partial charge in [0.05, 0.1) is 11.0 Å². The summed E-state index contributed by atoms with van der Waals surface area (Å²) in [4.78, 5) is 16.4. The average molecular weight is 243 g/mol. The Kier molecular flexibility index (Phi) is 5.15. The molecule has 0 aliphatic carbocycles. The lowest BCUT2D eigenvalue weighted by Gasteiger charge is -2.37. The van der Waals surface area contributed by atoms with Gasteiger partial charge >= 0.3 is 0 Å². The van der Waals surface area contributed by atoms with Gasteiger partial charge in [0.2, 0.25) is 5.91 Å². The lowest BCUT2D eigenvalue weighted by Crippen LogP contribution is -2.53. The summed E-state index contributed by atoms with van der Waals surface area (Å²) in [7, 11) is 0. The SMILES string of the molecule is CCCC(=O)N1CCN(C(C)C(N)=S)CC1. The maximum Gasteiger partial charge on any atom is 0.222 e. The van der Waals surface area contributed by atoms with Crippen LogP contribution in [0, 0.1) is 0 Å². The first kappa shape index (κ1) is 13.4. The fourth-order valence-corrected chi connectivity index (χ4v) is 2.06. The molecule has 0 aromatic rings. The van der Waals surface area contributed by atoms with Gasteiger partial charge in [-0.1, -0.05) is 19.1 Å². The number of nitrogens with two attached hydrogens (primary N) is 1. The molecule has 0 radical (unpaired) electrons. The number of hydrogen-bond donors (Lipinski definition) is 1. The molecule has 1 unspecified atom stereocenters. The molecule has 1 fully saturated rings. The number of amides is 1. The number of nitrogens with zero attached hydrogens (tertiary/aromatic N) is 2. The van der Waals surface area contributed by atoms with Crippen LogP contribution < -0.4 is 5.73 Å². The van der Waals surface area contributed by atoms with Crippen molar-refractivity contribution in [1.82, 2.24) is 9.80 Å². The standard InChI is InChI=1S/C11H21N3OS/c1-3-4-10(15)14-7-5-13(6-8-14)9(2)11(12)16/h9H,3-8H2,1-2H3,(H2,12,16). The maximum absolute atomic E-state index is 11.7. The normalized spacial score (nSPS) is 19.5. The van der Waals surface area contributed by atoms with Crippen LogP contribution in [0.25, 0.3) is 0 Å². The van der Waals surface area contributed by atoms with Crippen molar-refractivity contribution in [3.63, 3.8) is 0 Å². The molecule has 16 heavy (non-hydrogen) atoms. The van der Waals surface area contributed by atoms with Crippen LogP contribution in [0.15, 0.2) is 0 Å². The predicted octanol–water partition coefficient (Wildman–Crippen LogP) is 0.605. The molecule has 0 bridgehead atoms. The fraction of sp³-hybridized carbons (Fsp3) is 0.818. The van der Waals surface area contributed by atoms with E-state index in [9.17, 15) is 4.79 Å². The third-order valence-electron chi connectivity index (χ3n) is 3.09. The summed E-state index contributed by atoms with van der Waals surface area (Å²) in [6, 6.07) is 0.137. The summed E-state index contributed by atoms with van der Waals surface area (Å²) < 4.78 is 0. The molecule has 1 heterocycles. The van der Waals surface area contributed by atoms with Crippen LogP contribution in [0.1, 0.15) is 26.7 Å². The van der Waals surface area contributed by atoms with Gasteiger partial charge in [0.1, 0.15) is 0 Å². The number of piperazine rings is 1. The van der Waals surface area contributed by atoms with Crippen molar-refractivity contribution in [2.45, 2.75) is 32.7 Å². The lowest BCUT2D eigenvalue weighted by atomic mass is 10.2. The van der Waals surface area contributed by atoms with E-state index in [1.807, 2.05) is 18.7 Å². The Morgan fingerprint density at radius 1 is 1.38 bits per heavy atom. The van der Waals surface area contributed by atoms with Gasteiger partial charge in [0.15, 0.2) is 0 Å². The van der Waals surface area contributed by atoms with Crippen molar-refractivity contribution in [2.24, 2.45) is 5.73 Å². The van der Waals surface area contributed by atoms with Crippen molar-refractivity contribution >= 4 is 23.1 Å². The van der Waals surface area contributed by atoms with Crippen LogP contribution in [-0.4, -0.2) is 52.9 Å². The Morgan fingerprint density at radius 2 is 1.94 bits per heavy atom. The molecular weight excluding hydrogens is 222 g/mol. The first-order valence-corrected chi connectivity index (χ1v) is 6.28. The van der Waals surface area contributed by atoms with Gasteiger partial charge in [-0.25, -0.2) is 0 Å². The first-order valence-electron chi connectivity index (χ1n) is 5.87. The highest BCUT2D eigenvalue weighted by molar-refractivity contribution is 7.80. The first-order chi connectivity index (χ1) is 7.56. The highest BCUT2D eigenvalue weighted by Crippen LogP contribution is 2.08. The lowest BCUT2D eigenvalue weighted by molar-refractivity contribution is -0.133. The Hall–Kier alpha value is -0.680. The number of rotatable bonds is 4. The van der Waals surface area contributed by atoms with Crippen molar-refractivity contribution in [1.29, 1.82) is 0 Å². The van der Waals surface area contributed by atoms with Gasteiger partial charge in [0.25, 0.3) is 0 Å². The minimum atomic E-state index is 0.137. The number of carbonyl (C=O) groups excluding carboxylic acids is 1. The average Bonchev–Trinajstić information content (AvgIpc) is 2.28. The van der Waals surface area contributed by atoms with Crippen LogP contribution in [0.2, 0.25) is 0 Å². The molecule has 0 aromatic heterocycles. The molecule has 0 spiro atoms. The smallest absolute Gasteiger partial charge is 0.222 e. The molecule has 1 aliphatic heterocycles. The van der Waals surface area contributed by atoms with Gasteiger partial charge in [-0.05, 0) is 13.3 Å². The minimum absolute atomic E-state index is 0.137. The monoisotopic (exact) mass is 243 g/mol. The van der Waals surface area contributed by atoms with Gasteiger partial charge in [-0.15, -0.1) is 0 Å². The van der Waals surface area contributed by atoms with Crippen LogP contribution in [0.5, 0.6) is 0 Å². The van der Waals surface area contributed by atoms with Crippen LogP contribution >= 0.6 is 12.2 Å². The zero-order chi connectivity index (χ0) is 12.1. The molecule has 1 rings (SSSR count). The van der Waals surface area contributed by atoms with E-state index in [-0.39, 0.29) is 11.9 Å². The molecule has 1 saturated heterocycles. The summed E-state index contributed by atoms with van der Waals surface area (Å²) in [6.45, 7) is 7.38. The maximum atomic E-state index is 11.7. The Balaban J connectivity index is 2.39. The van der Waals surface area contributed by atoms with Crippen LogP contribution in [0.3, 0.4) is 0 Å². The number of carbonyl (C=O) groups is 1. The van der Waals surface area contributed by atoms with E-state index >= 15 is 0 Å². The van der Waals surface area contributed by atoms with Crippen molar-refractivity contribution < 1.29 is 4.79 Å². The van der Waals surface area contributed by atoms with Crippen LogP contribution in [-0.2, 0) is 4.79 Å². The topological polar surface area (TPSA) is 49.6 Å². The highest BCUT2D eigenvalue weighted by Gasteiger charge is 2.24. The van der Waals surface area contributed by atoms with E-state index in [1.165, 1.54) is 0 Å². The van der Waals surface area contributed by atoms with Crippen molar-refractivity contribution in [3.8, 4) is 0 Å². The number of thiocarbonyl (C=S) groups is 1. The Morgan fingerprint density at radius 3 is 2.38 bits per heavy atom. The summed E-state index contributed by atoms with van der Waals surface area (Å²) in [5.74, 6) is 0.269. The largest absolute Gasteiger partial charge is 0.392 e. The van der Waals surface area contributed by atoms with Gasteiger partial charge < -0.3 is 10.6 Å². The zero-order valence-electron chi connectivity index (χ0n) is 10.1. The third kappa shape index (κ3) is 3.42. The molecule has 1 amide bonds. The van der Waals surface area contributed by atoms with Gasteiger partial charge in [0, 0.05) is 32.6 Å². The molecule has 0 aromatic carbocycles. The second-order valence-corrected chi connectivity index (χ2v) is 4.72. The molecule has 0 saturated carbocycles. The second kappa shape index (κ2) is 6.15. The number of hydrogen-bond acceptors (Lipinski definition) is 3. The van der Waals surface area contributed by atoms with E-state index in [0.29, 0.717) is 11.4 Å². The Bertz CT molecular complexity index is 262. The molecule has 5 heteroatoms. The van der Waals surface area contributed by atoms with Gasteiger partial charge in [-0.3, -0.25) is 9.69 Å². The quantitative estimate of drug-likeness (QED) is 0.735. The molecule has 92 valence electrons. The van der Waals surface area contributed by atoms with E-state index in [0.717, 1.165) is 32.6 Å². The fourth-order valence-electron chi connectivity index (χ4n) is 1.91. The summed E-state index contributed by atoms with van der Waals surface area (Å²) in [6.07, 6.45) is 1.58. The van der Waals surface area contributed by atoms with E-state index in [1.54, 1.807) is 0 Å². The Labute approximate surface area is 103 Å². The van der Waals surface area contributed by atoms with Crippen LogP contribution in [0.4, 0.5) is 0 Å². The molecule has 2 N–H and O–H groups in total. The highest BCUT2D eigenvalue weighted by atomic mass is 32.1. The van der Waals surface area contributed by atoms with E-state index in [2.05, 4.69) is 4.90 Å². The summed E-state index contributed by atoms with van der Waals surface area (Å²) in [5.41, 5.74) is 5.62.